The molecular weight excluding hydrogens is 237 g/mol. The number of methoxy groups -OCH3 is 1. The molecule has 5 nitrogen and oxygen atoms in total. The summed E-state index contributed by atoms with van der Waals surface area (Å²) in [6.45, 7) is 3.24. The molecule has 2 rings (SSSR count). The standard InChI is InChI=1S/C12H14FN3O2/c1-3-14-7-11-15-12(16-18-11)9-6-8(17-2)4-5-10(9)13/h4-6,14H,3,7H2,1-2H3. The van der Waals surface area contributed by atoms with Gasteiger partial charge in [0.05, 0.1) is 19.2 Å². The molecule has 0 aliphatic carbocycles. The Morgan fingerprint density at radius 1 is 1.44 bits per heavy atom. The molecule has 0 radical (unpaired) electrons. The molecule has 0 aliphatic rings. The minimum Gasteiger partial charge on any atom is -0.497 e. The summed E-state index contributed by atoms with van der Waals surface area (Å²) in [5, 5.41) is 6.81. The molecule has 1 heterocycles. The zero-order valence-corrected chi connectivity index (χ0v) is 10.2. The molecule has 2 aromatic rings. The van der Waals surface area contributed by atoms with E-state index in [1.54, 1.807) is 6.07 Å². The maximum atomic E-state index is 13.7. The van der Waals surface area contributed by atoms with Gasteiger partial charge in [-0.1, -0.05) is 12.1 Å². The summed E-state index contributed by atoms with van der Waals surface area (Å²) < 4.78 is 23.7. The van der Waals surface area contributed by atoms with E-state index in [9.17, 15) is 4.39 Å². The van der Waals surface area contributed by atoms with Gasteiger partial charge in [0.25, 0.3) is 0 Å². The predicted octanol–water partition coefficient (Wildman–Crippen LogP) is 1.99. The second kappa shape index (κ2) is 5.59. The molecular formula is C12H14FN3O2. The summed E-state index contributed by atoms with van der Waals surface area (Å²) in [7, 11) is 1.52. The Kier molecular flexibility index (Phi) is 3.88. The largest absolute Gasteiger partial charge is 0.497 e. The van der Waals surface area contributed by atoms with Crippen LogP contribution in [0.1, 0.15) is 12.8 Å². The second-order valence-electron chi connectivity index (χ2n) is 3.64. The molecule has 0 spiro atoms. The van der Waals surface area contributed by atoms with Gasteiger partial charge in [-0.15, -0.1) is 0 Å². The molecule has 0 atom stereocenters. The van der Waals surface area contributed by atoms with Gasteiger partial charge in [-0.2, -0.15) is 4.98 Å². The Labute approximate surface area is 104 Å². The first kappa shape index (κ1) is 12.5. The lowest BCUT2D eigenvalue weighted by atomic mass is 10.2. The van der Waals surface area contributed by atoms with Crippen molar-refractivity contribution < 1.29 is 13.7 Å². The number of rotatable bonds is 5. The Morgan fingerprint density at radius 3 is 3.00 bits per heavy atom. The zero-order chi connectivity index (χ0) is 13.0. The molecule has 1 aromatic carbocycles. The van der Waals surface area contributed by atoms with Crippen LogP contribution in [-0.2, 0) is 6.54 Å². The Hall–Kier alpha value is -1.95. The zero-order valence-electron chi connectivity index (χ0n) is 10.2. The van der Waals surface area contributed by atoms with Crippen LogP contribution in [-0.4, -0.2) is 23.8 Å². The van der Waals surface area contributed by atoms with E-state index in [1.807, 2.05) is 6.92 Å². The number of ether oxygens (including phenoxy) is 1. The lowest BCUT2D eigenvalue weighted by molar-refractivity contribution is 0.369. The van der Waals surface area contributed by atoms with Crippen molar-refractivity contribution in [3.05, 3.63) is 29.9 Å². The normalized spacial score (nSPS) is 10.6. The number of nitrogens with zero attached hydrogens (tertiary/aromatic N) is 2. The van der Waals surface area contributed by atoms with Crippen molar-refractivity contribution in [3.63, 3.8) is 0 Å². The molecule has 0 bridgehead atoms. The van der Waals surface area contributed by atoms with E-state index < -0.39 is 5.82 Å². The summed E-state index contributed by atoms with van der Waals surface area (Å²) >= 11 is 0. The second-order valence-corrected chi connectivity index (χ2v) is 3.64. The minimum atomic E-state index is -0.411. The average molecular weight is 251 g/mol. The Morgan fingerprint density at radius 2 is 2.28 bits per heavy atom. The van der Waals surface area contributed by atoms with E-state index in [2.05, 4.69) is 15.5 Å². The highest BCUT2D eigenvalue weighted by Gasteiger charge is 2.13. The van der Waals surface area contributed by atoms with Crippen molar-refractivity contribution in [2.45, 2.75) is 13.5 Å². The first-order valence-electron chi connectivity index (χ1n) is 5.61. The number of benzene rings is 1. The monoisotopic (exact) mass is 251 g/mol. The highest BCUT2D eigenvalue weighted by molar-refractivity contribution is 5.57. The van der Waals surface area contributed by atoms with Crippen LogP contribution < -0.4 is 10.1 Å². The van der Waals surface area contributed by atoms with Crippen LogP contribution in [0.25, 0.3) is 11.4 Å². The lowest BCUT2D eigenvalue weighted by Gasteiger charge is -2.02. The van der Waals surface area contributed by atoms with Crippen molar-refractivity contribution in [2.75, 3.05) is 13.7 Å². The first-order chi connectivity index (χ1) is 8.74. The van der Waals surface area contributed by atoms with Crippen molar-refractivity contribution in [1.82, 2.24) is 15.5 Å². The fourth-order valence-electron chi connectivity index (χ4n) is 1.47. The highest BCUT2D eigenvalue weighted by atomic mass is 19.1. The molecule has 0 saturated heterocycles. The van der Waals surface area contributed by atoms with E-state index >= 15 is 0 Å². The van der Waals surface area contributed by atoms with Gasteiger partial charge >= 0.3 is 0 Å². The third-order valence-electron chi connectivity index (χ3n) is 2.41. The number of halogens is 1. The van der Waals surface area contributed by atoms with Gasteiger partial charge in [0.1, 0.15) is 11.6 Å². The number of hydrogen-bond donors (Lipinski definition) is 1. The van der Waals surface area contributed by atoms with Crippen LogP contribution in [0.5, 0.6) is 5.75 Å². The first-order valence-corrected chi connectivity index (χ1v) is 5.61. The Balaban J connectivity index is 2.27. The molecule has 0 fully saturated rings. The molecule has 18 heavy (non-hydrogen) atoms. The minimum absolute atomic E-state index is 0.222. The predicted molar refractivity (Wildman–Crippen MR) is 63.6 cm³/mol. The van der Waals surface area contributed by atoms with Gasteiger partial charge < -0.3 is 14.6 Å². The highest BCUT2D eigenvalue weighted by Crippen LogP contribution is 2.24. The molecule has 6 heteroatoms. The van der Waals surface area contributed by atoms with Gasteiger partial charge in [0, 0.05) is 0 Å². The van der Waals surface area contributed by atoms with Crippen LogP contribution in [0.4, 0.5) is 4.39 Å². The van der Waals surface area contributed by atoms with Crippen molar-refractivity contribution in [1.29, 1.82) is 0 Å². The third kappa shape index (κ3) is 2.65. The van der Waals surface area contributed by atoms with Crippen molar-refractivity contribution in [3.8, 4) is 17.1 Å². The molecule has 0 saturated carbocycles. The van der Waals surface area contributed by atoms with E-state index in [0.29, 0.717) is 18.2 Å². The van der Waals surface area contributed by atoms with Gasteiger partial charge in [0.15, 0.2) is 0 Å². The van der Waals surface area contributed by atoms with Gasteiger partial charge in [-0.25, -0.2) is 4.39 Å². The van der Waals surface area contributed by atoms with Gasteiger partial charge in [-0.05, 0) is 24.7 Å². The average Bonchev–Trinajstić information content (AvgIpc) is 2.85. The summed E-state index contributed by atoms with van der Waals surface area (Å²) in [4.78, 5) is 4.12. The summed E-state index contributed by atoms with van der Waals surface area (Å²) in [6, 6.07) is 4.39. The van der Waals surface area contributed by atoms with E-state index in [4.69, 9.17) is 9.26 Å². The van der Waals surface area contributed by atoms with E-state index in [0.717, 1.165) is 6.54 Å². The molecule has 1 aromatic heterocycles. The fraction of sp³-hybridized carbons (Fsp3) is 0.333. The molecule has 0 aliphatic heterocycles. The fourth-order valence-corrected chi connectivity index (χ4v) is 1.47. The number of hydrogen-bond acceptors (Lipinski definition) is 5. The molecule has 0 amide bonds. The van der Waals surface area contributed by atoms with Crippen molar-refractivity contribution >= 4 is 0 Å². The SMILES string of the molecule is CCNCc1nc(-c2cc(OC)ccc2F)no1. The quantitative estimate of drug-likeness (QED) is 0.880. The Bertz CT molecular complexity index is 528. The maximum absolute atomic E-state index is 13.7. The van der Waals surface area contributed by atoms with E-state index in [1.165, 1.54) is 19.2 Å². The number of nitrogens with one attached hydrogen (secondary N) is 1. The molecule has 0 unspecified atom stereocenters. The summed E-state index contributed by atoms with van der Waals surface area (Å²) in [5.74, 6) is 0.782. The van der Waals surface area contributed by atoms with Crippen LogP contribution >= 0.6 is 0 Å². The van der Waals surface area contributed by atoms with Crippen LogP contribution in [0.15, 0.2) is 22.7 Å². The van der Waals surface area contributed by atoms with E-state index in [-0.39, 0.29) is 11.4 Å². The molecule has 1 N–H and O–H groups in total. The third-order valence-corrected chi connectivity index (χ3v) is 2.41. The van der Waals surface area contributed by atoms with Crippen LogP contribution in [0, 0.1) is 5.82 Å². The maximum Gasteiger partial charge on any atom is 0.240 e. The van der Waals surface area contributed by atoms with Gasteiger partial charge in [0.2, 0.25) is 11.7 Å². The number of aromatic nitrogens is 2. The summed E-state index contributed by atoms with van der Waals surface area (Å²) in [5.41, 5.74) is 0.265. The smallest absolute Gasteiger partial charge is 0.240 e. The van der Waals surface area contributed by atoms with Gasteiger partial charge in [-0.3, -0.25) is 0 Å². The van der Waals surface area contributed by atoms with Crippen LogP contribution in [0.2, 0.25) is 0 Å². The summed E-state index contributed by atoms with van der Waals surface area (Å²) in [6.07, 6.45) is 0. The van der Waals surface area contributed by atoms with Crippen molar-refractivity contribution in [2.24, 2.45) is 0 Å². The topological polar surface area (TPSA) is 60.2 Å². The molecule has 96 valence electrons. The lowest BCUT2D eigenvalue weighted by Crippen LogP contribution is -2.11. The van der Waals surface area contributed by atoms with Crippen LogP contribution in [0.3, 0.4) is 0 Å².